The molecule has 3 aliphatic heterocycles. The molecule has 2 aromatic rings. The van der Waals surface area contributed by atoms with Gasteiger partial charge in [0.1, 0.15) is 5.04 Å². The number of rotatable bonds is 4. The number of aromatic nitrogens is 1. The smallest absolute Gasteiger partial charge is 0.283 e. The normalized spacial score (nSPS) is 19.4. The predicted octanol–water partition coefficient (Wildman–Crippen LogP) is 4.12. The van der Waals surface area contributed by atoms with Gasteiger partial charge < -0.3 is 9.47 Å². The number of hydrazone groups is 1. The SMILES string of the molecule is Cc1cc(/C=C2\C(=N)N3N=C(CC(=O)N4CCCCC4)SC3=NC2=O)c(C)n1-c1ccccc1. The van der Waals surface area contributed by atoms with E-state index in [1.807, 2.05) is 55.1 Å². The summed E-state index contributed by atoms with van der Waals surface area (Å²) >= 11 is 1.20. The first-order chi connectivity index (χ1) is 16.4. The number of hydrogen-bond acceptors (Lipinski definition) is 5. The van der Waals surface area contributed by atoms with Crippen molar-refractivity contribution in [2.45, 2.75) is 39.5 Å². The first-order valence-electron chi connectivity index (χ1n) is 11.4. The molecule has 9 heteroatoms. The average Bonchev–Trinajstić information content (AvgIpc) is 3.37. The molecule has 0 unspecified atom stereocenters. The molecule has 4 heterocycles. The zero-order chi connectivity index (χ0) is 23.8. The Hall–Kier alpha value is -3.46. The molecule has 1 N–H and O–H groups in total. The van der Waals surface area contributed by atoms with Crippen molar-refractivity contribution in [3.8, 4) is 5.69 Å². The Labute approximate surface area is 202 Å². The molecule has 8 nitrogen and oxygen atoms in total. The quantitative estimate of drug-likeness (QED) is 0.675. The molecule has 0 saturated carbocycles. The lowest BCUT2D eigenvalue weighted by Gasteiger charge is -2.26. The van der Waals surface area contributed by atoms with E-state index in [1.54, 1.807) is 6.08 Å². The number of carbonyl (C=O) groups is 2. The van der Waals surface area contributed by atoms with Crippen LogP contribution in [0.4, 0.5) is 0 Å². The van der Waals surface area contributed by atoms with Crippen molar-refractivity contribution in [2.75, 3.05) is 13.1 Å². The minimum atomic E-state index is -0.466. The van der Waals surface area contributed by atoms with Crippen molar-refractivity contribution < 1.29 is 9.59 Å². The number of benzene rings is 1. The van der Waals surface area contributed by atoms with Crippen molar-refractivity contribution in [1.82, 2.24) is 14.5 Å². The highest BCUT2D eigenvalue weighted by atomic mass is 32.2. The Bertz CT molecular complexity index is 1270. The molecule has 0 spiro atoms. The number of aryl methyl sites for hydroxylation is 1. The zero-order valence-electron chi connectivity index (χ0n) is 19.2. The third-order valence-electron chi connectivity index (χ3n) is 6.29. The van der Waals surface area contributed by atoms with Gasteiger partial charge in [0, 0.05) is 30.2 Å². The lowest BCUT2D eigenvalue weighted by Crippen LogP contribution is -2.36. The Balaban J connectivity index is 1.39. The van der Waals surface area contributed by atoms with Gasteiger partial charge in [-0.15, -0.1) is 0 Å². The summed E-state index contributed by atoms with van der Waals surface area (Å²) in [6.45, 7) is 5.57. The number of likely N-dealkylation sites (tertiary alicyclic amines) is 1. The van der Waals surface area contributed by atoms with E-state index in [4.69, 9.17) is 5.41 Å². The second-order valence-electron chi connectivity index (χ2n) is 8.63. The summed E-state index contributed by atoms with van der Waals surface area (Å²) in [5, 5.41) is 15.4. The van der Waals surface area contributed by atoms with E-state index < -0.39 is 5.91 Å². The molecule has 5 rings (SSSR count). The number of hydrogen-bond donors (Lipinski definition) is 1. The van der Waals surface area contributed by atoms with Crippen molar-refractivity contribution in [2.24, 2.45) is 10.1 Å². The van der Waals surface area contributed by atoms with Crippen LogP contribution in [0.1, 0.15) is 42.6 Å². The lowest BCUT2D eigenvalue weighted by molar-refractivity contribution is -0.130. The third kappa shape index (κ3) is 4.11. The van der Waals surface area contributed by atoms with Gasteiger partial charge in [-0.3, -0.25) is 15.0 Å². The van der Waals surface area contributed by atoms with Crippen LogP contribution in [0.2, 0.25) is 0 Å². The molecule has 0 bridgehead atoms. The number of nitrogens with one attached hydrogen (secondary N) is 1. The Kier molecular flexibility index (Phi) is 5.95. The van der Waals surface area contributed by atoms with Gasteiger partial charge in [0.05, 0.1) is 12.0 Å². The maximum absolute atomic E-state index is 12.8. The van der Waals surface area contributed by atoms with Crippen LogP contribution in [-0.4, -0.2) is 55.4 Å². The number of aliphatic imine (C=N–C) groups is 1. The highest BCUT2D eigenvalue weighted by molar-refractivity contribution is 8.27. The Morgan fingerprint density at radius 3 is 2.62 bits per heavy atom. The average molecular weight is 475 g/mol. The molecule has 1 aromatic carbocycles. The molecule has 0 aliphatic carbocycles. The number of thioether (sulfide) groups is 1. The Morgan fingerprint density at radius 1 is 1.15 bits per heavy atom. The summed E-state index contributed by atoms with van der Waals surface area (Å²) in [5.74, 6) is -0.451. The first-order valence-corrected chi connectivity index (χ1v) is 12.3. The molecule has 0 radical (unpaired) electrons. The van der Waals surface area contributed by atoms with Crippen molar-refractivity contribution in [3.05, 3.63) is 58.9 Å². The van der Waals surface area contributed by atoms with Gasteiger partial charge in [0.25, 0.3) is 5.91 Å². The van der Waals surface area contributed by atoms with E-state index in [2.05, 4.69) is 14.7 Å². The second kappa shape index (κ2) is 9.06. The summed E-state index contributed by atoms with van der Waals surface area (Å²) in [4.78, 5) is 31.5. The number of carbonyl (C=O) groups excluding carboxylic acids is 2. The molecule has 3 aliphatic rings. The minimum Gasteiger partial charge on any atom is -0.342 e. The van der Waals surface area contributed by atoms with Gasteiger partial charge in [0.2, 0.25) is 11.1 Å². The first kappa shape index (κ1) is 22.3. The van der Waals surface area contributed by atoms with Crippen LogP contribution in [0.5, 0.6) is 0 Å². The van der Waals surface area contributed by atoms with Gasteiger partial charge in [-0.25, -0.2) is 0 Å². The molecular formula is C25H26N6O2S. The maximum atomic E-state index is 12.8. The fourth-order valence-electron chi connectivity index (χ4n) is 4.55. The zero-order valence-corrected chi connectivity index (χ0v) is 20.1. The van der Waals surface area contributed by atoms with Crippen molar-refractivity contribution in [1.29, 1.82) is 5.41 Å². The number of piperidine rings is 1. The summed E-state index contributed by atoms with van der Waals surface area (Å²) in [7, 11) is 0. The number of nitrogens with zero attached hydrogens (tertiary/aromatic N) is 5. The van der Waals surface area contributed by atoms with Crippen LogP contribution in [0.15, 0.2) is 52.1 Å². The predicted molar refractivity (Wildman–Crippen MR) is 135 cm³/mol. The minimum absolute atomic E-state index is 0.0209. The number of amides is 2. The largest absolute Gasteiger partial charge is 0.342 e. The monoisotopic (exact) mass is 474 g/mol. The van der Waals surface area contributed by atoms with Crippen LogP contribution in [0.3, 0.4) is 0 Å². The maximum Gasteiger partial charge on any atom is 0.283 e. The van der Waals surface area contributed by atoms with E-state index in [1.165, 1.54) is 16.8 Å². The topological polar surface area (TPSA) is 94.1 Å². The summed E-state index contributed by atoms with van der Waals surface area (Å²) in [5.41, 5.74) is 4.08. The van der Waals surface area contributed by atoms with Gasteiger partial charge >= 0.3 is 0 Å². The Morgan fingerprint density at radius 2 is 1.88 bits per heavy atom. The molecular weight excluding hydrogens is 448 g/mol. The van der Waals surface area contributed by atoms with E-state index in [9.17, 15) is 9.59 Å². The highest BCUT2D eigenvalue weighted by Crippen LogP contribution is 2.31. The third-order valence-corrected chi connectivity index (χ3v) is 7.20. The summed E-state index contributed by atoms with van der Waals surface area (Å²) in [6, 6.07) is 12.0. The van der Waals surface area contributed by atoms with Crippen molar-refractivity contribution >= 4 is 45.7 Å². The molecule has 174 valence electrons. The number of amidine groups is 2. The highest BCUT2D eigenvalue weighted by Gasteiger charge is 2.36. The fraction of sp³-hybridized carbons (Fsp3) is 0.320. The van der Waals surface area contributed by atoms with Crippen LogP contribution in [-0.2, 0) is 9.59 Å². The van der Waals surface area contributed by atoms with Gasteiger partial charge in [-0.05, 0) is 74.7 Å². The van der Waals surface area contributed by atoms with Gasteiger partial charge in [-0.2, -0.15) is 15.1 Å². The second-order valence-corrected chi connectivity index (χ2v) is 9.67. The van der Waals surface area contributed by atoms with Crippen molar-refractivity contribution in [3.63, 3.8) is 0 Å². The number of fused-ring (bicyclic) bond motifs is 1. The molecule has 34 heavy (non-hydrogen) atoms. The van der Waals surface area contributed by atoms with E-state index >= 15 is 0 Å². The molecule has 1 aromatic heterocycles. The number of para-hydroxylation sites is 1. The van der Waals surface area contributed by atoms with Crippen LogP contribution < -0.4 is 0 Å². The molecule has 1 fully saturated rings. The fourth-order valence-corrected chi connectivity index (χ4v) is 5.43. The van der Waals surface area contributed by atoms with E-state index in [0.717, 1.165) is 55.0 Å². The molecule has 0 atom stereocenters. The van der Waals surface area contributed by atoms with Gasteiger partial charge in [0.15, 0.2) is 5.84 Å². The van der Waals surface area contributed by atoms with Crippen LogP contribution in [0.25, 0.3) is 11.8 Å². The van der Waals surface area contributed by atoms with E-state index in [-0.39, 0.29) is 23.7 Å². The van der Waals surface area contributed by atoms with E-state index in [0.29, 0.717) is 10.2 Å². The summed E-state index contributed by atoms with van der Waals surface area (Å²) < 4.78 is 2.12. The summed E-state index contributed by atoms with van der Waals surface area (Å²) in [6.07, 6.45) is 5.10. The lowest BCUT2D eigenvalue weighted by atomic mass is 10.1. The molecule has 1 saturated heterocycles. The van der Waals surface area contributed by atoms with Gasteiger partial charge in [-0.1, -0.05) is 18.2 Å². The van der Waals surface area contributed by atoms with Crippen LogP contribution in [0, 0.1) is 19.3 Å². The van der Waals surface area contributed by atoms with Crippen LogP contribution >= 0.6 is 11.8 Å². The molecule has 2 amide bonds. The standard InChI is InChI=1S/C25H26N6O2S/c1-16-13-18(17(2)30(16)19-9-5-3-6-10-19)14-20-23(26)31-25(27-24(20)33)34-21(28-31)15-22(32)29-11-7-4-8-12-29/h3,5-6,9-10,13-14,26H,4,7-8,11-12,15H2,1-2H3/b20-14+,26-23?.